The smallest absolute Gasteiger partial charge is 0.125 e. The number of nitriles is 1. The van der Waals surface area contributed by atoms with Gasteiger partial charge in [0.2, 0.25) is 0 Å². The first-order valence-corrected chi connectivity index (χ1v) is 5.38. The Morgan fingerprint density at radius 1 is 1.06 bits per heavy atom. The first-order chi connectivity index (χ1) is 8.10. The number of rotatable bonds is 1. The predicted octanol–water partition coefficient (Wildman–Crippen LogP) is 3.98. The molecule has 0 atom stereocenters. The SMILES string of the molecule is Cc1ccc(-c2cc(F)cc(C#N)c2)c(C)c1. The van der Waals surface area contributed by atoms with Crippen LogP contribution in [0.25, 0.3) is 11.1 Å². The Morgan fingerprint density at radius 3 is 2.47 bits per heavy atom. The molecule has 0 aliphatic carbocycles. The highest BCUT2D eigenvalue weighted by Gasteiger charge is 2.05. The van der Waals surface area contributed by atoms with Crippen LogP contribution >= 0.6 is 0 Å². The van der Waals surface area contributed by atoms with Crippen molar-refractivity contribution in [2.24, 2.45) is 0 Å². The van der Waals surface area contributed by atoms with Crippen molar-refractivity contribution in [3.8, 4) is 17.2 Å². The Bertz CT molecular complexity index is 609. The highest BCUT2D eigenvalue weighted by Crippen LogP contribution is 2.25. The van der Waals surface area contributed by atoms with Gasteiger partial charge in [0.25, 0.3) is 0 Å². The summed E-state index contributed by atoms with van der Waals surface area (Å²) in [5.41, 5.74) is 4.31. The molecule has 17 heavy (non-hydrogen) atoms. The fourth-order valence-corrected chi connectivity index (χ4v) is 1.95. The van der Waals surface area contributed by atoms with Crippen LogP contribution in [0, 0.1) is 31.0 Å². The van der Waals surface area contributed by atoms with Crippen LogP contribution in [0.4, 0.5) is 4.39 Å². The monoisotopic (exact) mass is 225 g/mol. The van der Waals surface area contributed by atoms with Gasteiger partial charge in [0, 0.05) is 0 Å². The number of aryl methyl sites for hydroxylation is 2. The zero-order valence-electron chi connectivity index (χ0n) is 9.79. The Kier molecular flexibility index (Phi) is 2.93. The van der Waals surface area contributed by atoms with Crippen LogP contribution in [0.2, 0.25) is 0 Å². The number of halogens is 1. The van der Waals surface area contributed by atoms with Gasteiger partial charge in [-0.25, -0.2) is 4.39 Å². The standard InChI is InChI=1S/C15H12FN/c1-10-3-4-15(11(2)5-10)13-6-12(9-17)7-14(16)8-13/h3-8H,1-2H3. The van der Waals surface area contributed by atoms with Gasteiger partial charge in [0.05, 0.1) is 11.6 Å². The molecule has 0 fully saturated rings. The van der Waals surface area contributed by atoms with Crippen molar-refractivity contribution >= 4 is 0 Å². The van der Waals surface area contributed by atoms with E-state index in [0.29, 0.717) is 5.56 Å². The van der Waals surface area contributed by atoms with Crippen molar-refractivity contribution in [2.45, 2.75) is 13.8 Å². The maximum atomic E-state index is 13.4. The quantitative estimate of drug-likeness (QED) is 0.720. The molecule has 2 heteroatoms. The summed E-state index contributed by atoms with van der Waals surface area (Å²) < 4.78 is 13.4. The molecule has 0 amide bonds. The van der Waals surface area contributed by atoms with Gasteiger partial charge >= 0.3 is 0 Å². The summed E-state index contributed by atoms with van der Waals surface area (Å²) in [4.78, 5) is 0. The molecule has 84 valence electrons. The summed E-state index contributed by atoms with van der Waals surface area (Å²) in [5, 5.41) is 8.83. The van der Waals surface area contributed by atoms with Crippen LogP contribution < -0.4 is 0 Å². The van der Waals surface area contributed by atoms with E-state index in [0.717, 1.165) is 16.7 Å². The molecule has 0 spiro atoms. The summed E-state index contributed by atoms with van der Waals surface area (Å²) in [6, 6.07) is 12.4. The third kappa shape index (κ3) is 2.34. The van der Waals surface area contributed by atoms with Crippen LogP contribution in [0.3, 0.4) is 0 Å². The molecule has 2 rings (SSSR count). The Hall–Kier alpha value is -2.14. The number of hydrogen-bond donors (Lipinski definition) is 0. The minimum atomic E-state index is -0.376. The second kappa shape index (κ2) is 4.39. The van der Waals surface area contributed by atoms with Crippen molar-refractivity contribution in [3.63, 3.8) is 0 Å². The molecule has 1 nitrogen and oxygen atoms in total. The molecule has 0 radical (unpaired) electrons. The third-order valence-corrected chi connectivity index (χ3v) is 2.72. The lowest BCUT2D eigenvalue weighted by molar-refractivity contribution is 0.628. The van der Waals surface area contributed by atoms with Crippen molar-refractivity contribution in [1.82, 2.24) is 0 Å². The predicted molar refractivity (Wildman–Crippen MR) is 66.0 cm³/mol. The first kappa shape index (κ1) is 11.3. The van der Waals surface area contributed by atoms with E-state index < -0.39 is 0 Å². The van der Waals surface area contributed by atoms with Gasteiger partial charge < -0.3 is 0 Å². The average molecular weight is 225 g/mol. The van der Waals surface area contributed by atoms with Crippen LogP contribution in [0.5, 0.6) is 0 Å². The molecule has 0 aliphatic heterocycles. The molecule has 0 bridgehead atoms. The largest absolute Gasteiger partial charge is 0.207 e. The Labute approximate surface area is 100 Å². The Morgan fingerprint density at radius 2 is 1.82 bits per heavy atom. The van der Waals surface area contributed by atoms with Crippen molar-refractivity contribution < 1.29 is 4.39 Å². The molecule has 0 aromatic heterocycles. The van der Waals surface area contributed by atoms with E-state index in [1.807, 2.05) is 38.1 Å². The van der Waals surface area contributed by atoms with Gasteiger partial charge in [-0.3, -0.25) is 0 Å². The first-order valence-electron chi connectivity index (χ1n) is 5.38. The lowest BCUT2D eigenvalue weighted by Gasteiger charge is -2.07. The number of nitrogens with zero attached hydrogens (tertiary/aromatic N) is 1. The van der Waals surface area contributed by atoms with E-state index >= 15 is 0 Å². The lowest BCUT2D eigenvalue weighted by Crippen LogP contribution is -1.88. The van der Waals surface area contributed by atoms with E-state index in [-0.39, 0.29) is 5.82 Å². The van der Waals surface area contributed by atoms with Crippen molar-refractivity contribution in [3.05, 3.63) is 58.9 Å². The summed E-state index contributed by atoms with van der Waals surface area (Å²) in [6.45, 7) is 4.00. The van der Waals surface area contributed by atoms with Gasteiger partial charge in [-0.05, 0) is 48.7 Å². The topological polar surface area (TPSA) is 23.8 Å². The summed E-state index contributed by atoms with van der Waals surface area (Å²) in [7, 11) is 0. The maximum Gasteiger partial charge on any atom is 0.125 e. The fraction of sp³-hybridized carbons (Fsp3) is 0.133. The van der Waals surface area contributed by atoms with Gasteiger partial charge in [0.15, 0.2) is 0 Å². The minimum Gasteiger partial charge on any atom is -0.207 e. The van der Waals surface area contributed by atoms with E-state index in [1.54, 1.807) is 6.07 Å². The minimum absolute atomic E-state index is 0.347. The van der Waals surface area contributed by atoms with Gasteiger partial charge in [-0.1, -0.05) is 23.8 Å². The van der Waals surface area contributed by atoms with E-state index in [2.05, 4.69) is 0 Å². The second-order valence-electron chi connectivity index (χ2n) is 4.16. The molecule has 2 aromatic rings. The van der Waals surface area contributed by atoms with Crippen LogP contribution in [-0.2, 0) is 0 Å². The van der Waals surface area contributed by atoms with Gasteiger partial charge in [-0.15, -0.1) is 0 Å². The molecule has 0 heterocycles. The molecular weight excluding hydrogens is 213 g/mol. The third-order valence-electron chi connectivity index (χ3n) is 2.72. The lowest BCUT2D eigenvalue weighted by atomic mass is 9.97. The average Bonchev–Trinajstić information content (AvgIpc) is 2.28. The molecular formula is C15H12FN. The maximum absolute atomic E-state index is 13.4. The Balaban J connectivity index is 2.61. The van der Waals surface area contributed by atoms with E-state index in [9.17, 15) is 4.39 Å². The van der Waals surface area contributed by atoms with E-state index in [1.165, 1.54) is 17.7 Å². The molecule has 0 aliphatic rings. The van der Waals surface area contributed by atoms with Gasteiger partial charge in [-0.2, -0.15) is 5.26 Å². The van der Waals surface area contributed by atoms with Crippen LogP contribution in [-0.4, -0.2) is 0 Å². The molecule has 0 saturated heterocycles. The van der Waals surface area contributed by atoms with Crippen LogP contribution in [0.15, 0.2) is 36.4 Å². The highest BCUT2D eigenvalue weighted by molar-refractivity contribution is 5.69. The molecule has 0 N–H and O–H groups in total. The van der Waals surface area contributed by atoms with Crippen LogP contribution in [0.1, 0.15) is 16.7 Å². The molecule has 0 unspecified atom stereocenters. The number of benzene rings is 2. The van der Waals surface area contributed by atoms with Crippen molar-refractivity contribution in [2.75, 3.05) is 0 Å². The normalized spacial score (nSPS) is 10.0. The summed E-state index contributed by atoms with van der Waals surface area (Å²) >= 11 is 0. The second-order valence-corrected chi connectivity index (χ2v) is 4.16. The highest BCUT2D eigenvalue weighted by atomic mass is 19.1. The van der Waals surface area contributed by atoms with Crippen molar-refractivity contribution in [1.29, 1.82) is 5.26 Å². The number of hydrogen-bond acceptors (Lipinski definition) is 1. The zero-order valence-corrected chi connectivity index (χ0v) is 9.79. The van der Waals surface area contributed by atoms with E-state index in [4.69, 9.17) is 5.26 Å². The summed E-state index contributed by atoms with van der Waals surface area (Å²) in [5.74, 6) is -0.376. The molecule has 2 aromatic carbocycles. The summed E-state index contributed by atoms with van der Waals surface area (Å²) in [6.07, 6.45) is 0. The fourth-order valence-electron chi connectivity index (χ4n) is 1.95. The van der Waals surface area contributed by atoms with Gasteiger partial charge in [0.1, 0.15) is 5.82 Å². The molecule has 0 saturated carbocycles. The zero-order chi connectivity index (χ0) is 12.4.